The van der Waals surface area contributed by atoms with Crippen molar-refractivity contribution in [1.82, 2.24) is 9.88 Å². The fourth-order valence-electron chi connectivity index (χ4n) is 4.52. The first kappa shape index (κ1) is 23.2. The number of piperazine rings is 1. The molecule has 0 N–H and O–H groups in total. The third kappa shape index (κ3) is 4.95. The lowest BCUT2D eigenvalue weighted by molar-refractivity contribution is -0.130. The predicted octanol–water partition coefficient (Wildman–Crippen LogP) is 5.06. The largest absolute Gasteiger partial charge is 0.353 e. The number of pyridine rings is 1. The molecular weight excluding hydrogens is 461 g/mol. The van der Waals surface area contributed by atoms with Gasteiger partial charge in [-0.25, -0.2) is 9.37 Å². The van der Waals surface area contributed by atoms with Crippen molar-refractivity contribution in [3.63, 3.8) is 0 Å². The van der Waals surface area contributed by atoms with Gasteiger partial charge in [0.25, 0.3) is 0 Å². The minimum absolute atomic E-state index is 0.0619. The topological polar surface area (TPSA) is 53.5 Å². The molecule has 1 saturated heterocycles. The Morgan fingerprint density at radius 3 is 2.40 bits per heavy atom. The second-order valence-corrected chi connectivity index (χ2v) is 9.87. The molecule has 1 amide bonds. The summed E-state index contributed by atoms with van der Waals surface area (Å²) in [5.41, 5.74) is 2.36. The number of carbonyl (C=O) groups is 2. The highest BCUT2D eigenvalue weighted by atomic mass is 32.1. The van der Waals surface area contributed by atoms with Gasteiger partial charge in [-0.2, -0.15) is 0 Å². The van der Waals surface area contributed by atoms with Crippen LogP contribution in [-0.4, -0.2) is 47.8 Å². The second-order valence-electron chi connectivity index (χ2n) is 8.81. The lowest BCUT2D eigenvalue weighted by Crippen LogP contribution is -2.49. The number of rotatable bonds is 6. The van der Waals surface area contributed by atoms with Crippen LogP contribution in [0.3, 0.4) is 0 Å². The van der Waals surface area contributed by atoms with E-state index >= 15 is 0 Å². The zero-order valence-electron chi connectivity index (χ0n) is 19.5. The summed E-state index contributed by atoms with van der Waals surface area (Å²) in [7, 11) is 0. The first-order valence-corrected chi connectivity index (χ1v) is 12.5. The Bertz CT molecular complexity index is 1370. The molecule has 2 aromatic heterocycles. The van der Waals surface area contributed by atoms with Crippen LogP contribution in [0.4, 0.5) is 10.2 Å². The molecule has 35 heavy (non-hydrogen) atoms. The van der Waals surface area contributed by atoms with Gasteiger partial charge in [0.15, 0.2) is 5.78 Å². The van der Waals surface area contributed by atoms with E-state index in [0.717, 1.165) is 31.9 Å². The molecular formula is C28H26FN3O2S. The maximum Gasteiger partial charge on any atom is 0.227 e. The van der Waals surface area contributed by atoms with E-state index in [0.29, 0.717) is 38.2 Å². The molecule has 1 aliphatic rings. The SMILES string of the molecule is Cc1c(C(=O)Cc2ccc(N3CCN(C(=O)Cc4ccccc4F)CC3)nc2)sc2ccccc12. The Balaban J connectivity index is 1.17. The van der Waals surface area contributed by atoms with Gasteiger partial charge in [-0.15, -0.1) is 11.3 Å². The summed E-state index contributed by atoms with van der Waals surface area (Å²) in [6, 6.07) is 18.4. The van der Waals surface area contributed by atoms with Crippen molar-refractivity contribution in [2.24, 2.45) is 0 Å². The first-order valence-electron chi connectivity index (χ1n) is 11.7. The molecule has 178 valence electrons. The van der Waals surface area contributed by atoms with Crippen molar-refractivity contribution in [3.8, 4) is 0 Å². The van der Waals surface area contributed by atoms with Crippen molar-refractivity contribution < 1.29 is 14.0 Å². The van der Waals surface area contributed by atoms with E-state index < -0.39 is 0 Å². The number of hydrogen-bond donors (Lipinski definition) is 0. The number of amides is 1. The molecule has 5 rings (SSSR count). The van der Waals surface area contributed by atoms with Gasteiger partial charge in [-0.3, -0.25) is 9.59 Å². The molecule has 0 radical (unpaired) electrons. The lowest BCUT2D eigenvalue weighted by atomic mass is 10.1. The van der Waals surface area contributed by atoms with Crippen LogP contribution >= 0.6 is 11.3 Å². The van der Waals surface area contributed by atoms with E-state index in [1.165, 1.54) is 6.07 Å². The first-order chi connectivity index (χ1) is 17.0. The van der Waals surface area contributed by atoms with E-state index in [1.54, 1.807) is 40.6 Å². The Hall–Kier alpha value is -3.58. The maximum absolute atomic E-state index is 13.9. The summed E-state index contributed by atoms with van der Waals surface area (Å²) in [5.74, 6) is 0.540. The molecule has 4 aromatic rings. The third-order valence-corrected chi connectivity index (χ3v) is 7.84. The number of fused-ring (bicyclic) bond motifs is 1. The second kappa shape index (κ2) is 9.96. The summed E-state index contributed by atoms with van der Waals surface area (Å²) < 4.78 is 15.0. The summed E-state index contributed by atoms with van der Waals surface area (Å²) in [6.45, 7) is 4.47. The van der Waals surface area contributed by atoms with Gasteiger partial charge in [0, 0.05) is 43.5 Å². The molecule has 2 aromatic carbocycles. The number of halogens is 1. The zero-order chi connectivity index (χ0) is 24.4. The van der Waals surface area contributed by atoms with Crippen LogP contribution in [0, 0.1) is 12.7 Å². The number of nitrogens with zero attached hydrogens (tertiary/aromatic N) is 3. The number of aromatic nitrogens is 1. The number of Topliss-reactive ketones (excluding diaryl/α,β-unsaturated/α-hetero) is 1. The summed E-state index contributed by atoms with van der Waals surface area (Å²) >= 11 is 1.55. The van der Waals surface area contributed by atoms with Gasteiger partial charge in [0.1, 0.15) is 11.6 Å². The monoisotopic (exact) mass is 487 g/mol. The number of ketones is 1. The normalized spacial score (nSPS) is 13.9. The summed E-state index contributed by atoms with van der Waals surface area (Å²) in [6.07, 6.45) is 2.16. The van der Waals surface area contributed by atoms with E-state index in [9.17, 15) is 14.0 Å². The highest BCUT2D eigenvalue weighted by Crippen LogP contribution is 2.31. The molecule has 0 atom stereocenters. The van der Waals surface area contributed by atoms with E-state index in [1.807, 2.05) is 37.3 Å². The fourth-order valence-corrected chi connectivity index (χ4v) is 5.66. The van der Waals surface area contributed by atoms with Crippen molar-refractivity contribution in [1.29, 1.82) is 0 Å². The van der Waals surface area contributed by atoms with E-state index in [2.05, 4.69) is 16.0 Å². The van der Waals surface area contributed by atoms with Crippen molar-refractivity contribution in [3.05, 3.63) is 94.2 Å². The van der Waals surface area contributed by atoms with E-state index in [-0.39, 0.29) is 23.9 Å². The van der Waals surface area contributed by atoms with Crippen molar-refractivity contribution >= 4 is 38.9 Å². The van der Waals surface area contributed by atoms with E-state index in [4.69, 9.17) is 0 Å². The highest BCUT2D eigenvalue weighted by Gasteiger charge is 2.23. The van der Waals surface area contributed by atoms with Gasteiger partial charge in [0.05, 0.1) is 11.3 Å². The number of carbonyl (C=O) groups excluding carboxylic acids is 2. The summed E-state index contributed by atoms with van der Waals surface area (Å²) in [5, 5.41) is 1.14. The molecule has 0 saturated carbocycles. The van der Waals surface area contributed by atoms with Crippen LogP contribution in [0.1, 0.15) is 26.4 Å². The van der Waals surface area contributed by atoms with Crippen LogP contribution in [0.25, 0.3) is 10.1 Å². The molecule has 5 nitrogen and oxygen atoms in total. The van der Waals surface area contributed by atoms with Gasteiger partial charge in [0.2, 0.25) is 5.91 Å². The smallest absolute Gasteiger partial charge is 0.227 e. The third-order valence-electron chi connectivity index (χ3n) is 6.53. The van der Waals surface area contributed by atoms with Crippen LogP contribution in [0.2, 0.25) is 0 Å². The van der Waals surface area contributed by atoms with Crippen molar-refractivity contribution in [2.45, 2.75) is 19.8 Å². The predicted molar refractivity (Wildman–Crippen MR) is 138 cm³/mol. The number of benzene rings is 2. The molecule has 1 fully saturated rings. The van der Waals surface area contributed by atoms with Crippen LogP contribution in [0.15, 0.2) is 66.9 Å². The summed E-state index contributed by atoms with van der Waals surface area (Å²) in [4.78, 5) is 34.9. The minimum atomic E-state index is -0.343. The zero-order valence-corrected chi connectivity index (χ0v) is 20.4. The molecule has 0 bridgehead atoms. The standard InChI is InChI=1S/C28H26FN3O2S/c1-19-22-7-3-5-9-25(22)35-28(19)24(33)16-20-10-11-26(30-18-20)31-12-14-32(15-13-31)27(34)17-21-6-2-4-8-23(21)29/h2-11,18H,12-17H2,1H3. The Kier molecular flexibility index (Phi) is 6.59. The van der Waals surface area contributed by atoms with Gasteiger partial charge >= 0.3 is 0 Å². The maximum atomic E-state index is 13.9. The quantitative estimate of drug-likeness (QED) is 0.357. The molecule has 0 spiro atoms. The van der Waals surface area contributed by atoms with Gasteiger partial charge < -0.3 is 9.80 Å². The van der Waals surface area contributed by atoms with Crippen LogP contribution < -0.4 is 4.90 Å². The number of aryl methyl sites for hydroxylation is 1. The molecule has 7 heteroatoms. The van der Waals surface area contributed by atoms with Crippen molar-refractivity contribution in [2.75, 3.05) is 31.1 Å². The van der Waals surface area contributed by atoms with Crippen LogP contribution in [0.5, 0.6) is 0 Å². The molecule has 1 aliphatic heterocycles. The van der Waals surface area contributed by atoms with Gasteiger partial charge in [-0.05, 0) is 47.2 Å². The Morgan fingerprint density at radius 1 is 0.943 bits per heavy atom. The molecule has 3 heterocycles. The Morgan fingerprint density at radius 2 is 1.69 bits per heavy atom. The lowest BCUT2D eigenvalue weighted by Gasteiger charge is -2.35. The molecule has 0 aliphatic carbocycles. The minimum Gasteiger partial charge on any atom is -0.353 e. The van der Waals surface area contributed by atoms with Crippen LogP contribution in [-0.2, 0) is 17.6 Å². The highest BCUT2D eigenvalue weighted by molar-refractivity contribution is 7.21. The Labute approximate surface area is 207 Å². The fraction of sp³-hybridized carbons (Fsp3) is 0.250. The number of thiophene rings is 1. The number of anilines is 1. The number of hydrogen-bond acceptors (Lipinski definition) is 5. The average molecular weight is 488 g/mol. The molecule has 0 unspecified atom stereocenters. The van der Waals surface area contributed by atoms with Gasteiger partial charge in [-0.1, -0.05) is 42.5 Å². The average Bonchev–Trinajstić information content (AvgIpc) is 3.23.